The number of halogens is 2. The van der Waals surface area contributed by atoms with Crippen molar-refractivity contribution in [2.75, 3.05) is 18.5 Å². The van der Waals surface area contributed by atoms with E-state index >= 15 is 0 Å². The lowest BCUT2D eigenvalue weighted by Gasteiger charge is -2.09. The van der Waals surface area contributed by atoms with Crippen LogP contribution >= 0.6 is 11.6 Å². The van der Waals surface area contributed by atoms with Gasteiger partial charge in [0.2, 0.25) is 0 Å². The quantitative estimate of drug-likeness (QED) is 0.737. The standard InChI is InChI=1S/C18H13ClFN3O4/c19-12-6-5-11(8-21)15(7-12)23-16(24)10-27-17(25)9-22-18(26)13-3-1-2-4-14(13)20/h1-7H,9-10H2,(H,22,26)(H,23,24). The Balaban J connectivity index is 1.81. The Labute approximate surface area is 158 Å². The van der Waals surface area contributed by atoms with Crippen molar-refractivity contribution in [3.05, 3.63) is 64.4 Å². The van der Waals surface area contributed by atoms with Gasteiger partial charge in [0.25, 0.3) is 11.8 Å². The summed E-state index contributed by atoms with van der Waals surface area (Å²) in [7, 11) is 0. The first-order valence-corrected chi connectivity index (χ1v) is 7.96. The van der Waals surface area contributed by atoms with Crippen LogP contribution in [0.15, 0.2) is 42.5 Å². The topological polar surface area (TPSA) is 108 Å². The third-order valence-corrected chi connectivity index (χ3v) is 3.49. The van der Waals surface area contributed by atoms with Crippen molar-refractivity contribution < 1.29 is 23.5 Å². The fourth-order valence-corrected chi connectivity index (χ4v) is 2.17. The van der Waals surface area contributed by atoms with E-state index in [0.717, 1.165) is 6.07 Å². The van der Waals surface area contributed by atoms with Gasteiger partial charge in [0.05, 0.1) is 16.8 Å². The van der Waals surface area contributed by atoms with E-state index in [1.54, 1.807) is 0 Å². The maximum atomic E-state index is 13.5. The lowest BCUT2D eigenvalue weighted by Crippen LogP contribution is -2.32. The van der Waals surface area contributed by atoms with Gasteiger partial charge in [0.15, 0.2) is 6.61 Å². The Morgan fingerprint density at radius 1 is 1.19 bits per heavy atom. The van der Waals surface area contributed by atoms with Crippen LogP contribution < -0.4 is 10.6 Å². The molecule has 2 N–H and O–H groups in total. The van der Waals surface area contributed by atoms with Crippen molar-refractivity contribution in [2.24, 2.45) is 0 Å². The molecule has 0 unspecified atom stereocenters. The Bertz CT molecular complexity index is 927. The molecule has 0 aliphatic rings. The number of hydrogen-bond acceptors (Lipinski definition) is 5. The number of carbonyl (C=O) groups excluding carboxylic acids is 3. The highest BCUT2D eigenvalue weighted by molar-refractivity contribution is 6.31. The molecule has 0 fully saturated rings. The van der Waals surface area contributed by atoms with Gasteiger partial charge in [0.1, 0.15) is 18.4 Å². The summed E-state index contributed by atoms with van der Waals surface area (Å²) in [4.78, 5) is 35.2. The Morgan fingerprint density at radius 2 is 1.93 bits per heavy atom. The van der Waals surface area contributed by atoms with Crippen LogP contribution in [0.3, 0.4) is 0 Å². The van der Waals surface area contributed by atoms with Crippen LogP contribution in [0, 0.1) is 17.1 Å². The second kappa shape index (κ2) is 9.31. The molecule has 0 aromatic heterocycles. The molecule has 0 aliphatic heterocycles. The van der Waals surface area contributed by atoms with Crippen molar-refractivity contribution in [3.63, 3.8) is 0 Å². The maximum absolute atomic E-state index is 13.5. The molecular weight excluding hydrogens is 377 g/mol. The minimum atomic E-state index is -0.888. The number of hydrogen-bond donors (Lipinski definition) is 2. The smallest absolute Gasteiger partial charge is 0.325 e. The highest BCUT2D eigenvalue weighted by Crippen LogP contribution is 2.20. The molecule has 2 aromatic carbocycles. The molecule has 2 rings (SSSR count). The van der Waals surface area contributed by atoms with Gasteiger partial charge in [-0.2, -0.15) is 5.26 Å². The number of amides is 2. The van der Waals surface area contributed by atoms with Crippen LogP contribution in [0.1, 0.15) is 15.9 Å². The Morgan fingerprint density at radius 3 is 2.63 bits per heavy atom. The molecule has 2 aromatic rings. The molecular formula is C18H13ClFN3O4. The normalized spacial score (nSPS) is 9.81. The number of carbonyl (C=O) groups is 3. The third kappa shape index (κ3) is 5.80. The van der Waals surface area contributed by atoms with E-state index in [1.165, 1.54) is 36.4 Å². The molecule has 0 saturated heterocycles. The first-order chi connectivity index (χ1) is 12.9. The summed E-state index contributed by atoms with van der Waals surface area (Å²) in [6.45, 7) is -1.17. The summed E-state index contributed by atoms with van der Waals surface area (Å²) in [6, 6.07) is 11.5. The lowest BCUT2D eigenvalue weighted by atomic mass is 10.2. The first-order valence-electron chi connectivity index (χ1n) is 7.58. The fourth-order valence-electron chi connectivity index (χ4n) is 1.99. The molecule has 0 bridgehead atoms. The molecule has 0 spiro atoms. The number of nitrogens with one attached hydrogen (secondary N) is 2. The highest BCUT2D eigenvalue weighted by atomic mass is 35.5. The monoisotopic (exact) mass is 389 g/mol. The molecule has 9 heteroatoms. The van der Waals surface area contributed by atoms with Crippen molar-refractivity contribution >= 4 is 35.1 Å². The van der Waals surface area contributed by atoms with Crippen LogP contribution in [-0.2, 0) is 14.3 Å². The maximum Gasteiger partial charge on any atom is 0.325 e. The summed E-state index contributed by atoms with van der Waals surface area (Å²) in [5, 5.41) is 13.9. The average molecular weight is 390 g/mol. The van der Waals surface area contributed by atoms with Gasteiger partial charge in [-0.15, -0.1) is 0 Å². The van der Waals surface area contributed by atoms with Crippen molar-refractivity contribution in [2.45, 2.75) is 0 Å². The number of ether oxygens (including phenoxy) is 1. The zero-order valence-electron chi connectivity index (χ0n) is 13.8. The molecule has 2 amide bonds. The van der Waals surface area contributed by atoms with E-state index in [4.69, 9.17) is 21.6 Å². The minimum Gasteiger partial charge on any atom is -0.454 e. The van der Waals surface area contributed by atoms with Gasteiger partial charge in [-0.05, 0) is 30.3 Å². The van der Waals surface area contributed by atoms with Gasteiger partial charge in [-0.1, -0.05) is 23.7 Å². The van der Waals surface area contributed by atoms with Gasteiger partial charge in [-0.25, -0.2) is 4.39 Å². The zero-order valence-corrected chi connectivity index (χ0v) is 14.5. The Kier molecular flexibility index (Phi) is 6.86. The Hall–Kier alpha value is -3.44. The second-order valence-electron chi connectivity index (χ2n) is 5.17. The summed E-state index contributed by atoms with van der Waals surface area (Å²) in [5.74, 6) is -3.09. The van der Waals surface area contributed by atoms with Crippen LogP contribution in [0.5, 0.6) is 0 Å². The molecule has 0 aliphatic carbocycles. The zero-order chi connectivity index (χ0) is 19.8. The van der Waals surface area contributed by atoms with Crippen molar-refractivity contribution in [1.29, 1.82) is 5.26 Å². The van der Waals surface area contributed by atoms with Crippen LogP contribution in [0.4, 0.5) is 10.1 Å². The number of nitriles is 1. The van der Waals surface area contributed by atoms with Crippen molar-refractivity contribution in [3.8, 4) is 6.07 Å². The van der Waals surface area contributed by atoms with Crippen LogP contribution in [-0.4, -0.2) is 30.9 Å². The second-order valence-corrected chi connectivity index (χ2v) is 5.61. The number of anilines is 1. The van der Waals surface area contributed by atoms with Gasteiger partial charge in [0, 0.05) is 5.02 Å². The van der Waals surface area contributed by atoms with E-state index in [2.05, 4.69) is 10.6 Å². The van der Waals surface area contributed by atoms with E-state index in [-0.39, 0.29) is 16.8 Å². The van der Waals surface area contributed by atoms with E-state index in [0.29, 0.717) is 5.02 Å². The van der Waals surface area contributed by atoms with Gasteiger partial charge < -0.3 is 15.4 Å². The minimum absolute atomic E-state index is 0.180. The lowest BCUT2D eigenvalue weighted by molar-refractivity contribution is -0.146. The number of esters is 1. The van der Waals surface area contributed by atoms with E-state index in [1.807, 2.05) is 6.07 Å². The highest BCUT2D eigenvalue weighted by Gasteiger charge is 2.14. The molecule has 0 atom stereocenters. The number of benzene rings is 2. The first kappa shape index (κ1) is 19.9. The van der Waals surface area contributed by atoms with Crippen molar-refractivity contribution in [1.82, 2.24) is 5.32 Å². The number of rotatable bonds is 6. The summed E-state index contributed by atoms with van der Waals surface area (Å²) in [5.41, 5.74) is 0.156. The van der Waals surface area contributed by atoms with E-state index in [9.17, 15) is 18.8 Å². The largest absolute Gasteiger partial charge is 0.454 e. The molecule has 0 heterocycles. The molecule has 7 nitrogen and oxygen atoms in total. The van der Waals surface area contributed by atoms with Gasteiger partial charge in [-0.3, -0.25) is 14.4 Å². The predicted octanol–water partition coefficient (Wildman–Crippen LogP) is 2.26. The third-order valence-electron chi connectivity index (χ3n) is 3.25. The van der Waals surface area contributed by atoms with Crippen LogP contribution in [0.2, 0.25) is 5.02 Å². The van der Waals surface area contributed by atoms with Gasteiger partial charge >= 0.3 is 5.97 Å². The molecule has 0 radical (unpaired) electrons. The molecule has 138 valence electrons. The average Bonchev–Trinajstić information content (AvgIpc) is 2.65. The predicted molar refractivity (Wildman–Crippen MR) is 94.5 cm³/mol. The summed E-state index contributed by atoms with van der Waals surface area (Å²) >= 11 is 5.80. The van der Waals surface area contributed by atoms with Crippen LogP contribution in [0.25, 0.3) is 0 Å². The molecule has 0 saturated carbocycles. The number of nitrogens with zero attached hydrogens (tertiary/aromatic N) is 1. The summed E-state index contributed by atoms with van der Waals surface area (Å²) < 4.78 is 18.2. The SMILES string of the molecule is N#Cc1ccc(Cl)cc1NC(=O)COC(=O)CNC(=O)c1ccccc1F. The molecule has 27 heavy (non-hydrogen) atoms. The van der Waals surface area contributed by atoms with E-state index < -0.39 is 36.8 Å². The fraction of sp³-hybridized carbons (Fsp3) is 0.111. The summed E-state index contributed by atoms with van der Waals surface area (Å²) in [6.07, 6.45) is 0.